The van der Waals surface area contributed by atoms with Crippen molar-refractivity contribution in [1.29, 1.82) is 0 Å². The number of aromatic amines is 1. The van der Waals surface area contributed by atoms with Crippen molar-refractivity contribution in [2.75, 3.05) is 5.73 Å². The van der Waals surface area contributed by atoms with Crippen molar-refractivity contribution in [2.45, 2.75) is 19.3 Å². The standard InChI is InChI=1S/C15H12N2O3S/c16-14-12(8-2-1-3-11(8)21-14)13(18)7-4-5-9-10(6-7)20-15(19)17-9/h4-6H,1-3,16H2,(H,17,19). The highest BCUT2D eigenvalue weighted by molar-refractivity contribution is 7.16. The molecular weight excluding hydrogens is 288 g/mol. The van der Waals surface area contributed by atoms with Crippen molar-refractivity contribution in [1.82, 2.24) is 4.98 Å². The number of aryl methyl sites for hydroxylation is 1. The first-order valence-corrected chi connectivity index (χ1v) is 7.53. The molecule has 0 aliphatic heterocycles. The van der Waals surface area contributed by atoms with E-state index in [-0.39, 0.29) is 5.78 Å². The summed E-state index contributed by atoms with van der Waals surface area (Å²) in [6, 6.07) is 4.96. The molecule has 5 nitrogen and oxygen atoms in total. The third-order valence-corrected chi connectivity index (χ3v) is 4.98. The second kappa shape index (κ2) is 4.33. The first kappa shape index (κ1) is 12.4. The second-order valence-electron chi connectivity index (χ2n) is 5.15. The molecular formula is C15H12N2O3S. The molecule has 0 saturated carbocycles. The van der Waals surface area contributed by atoms with Gasteiger partial charge in [0.1, 0.15) is 0 Å². The SMILES string of the molecule is Nc1sc2c(c1C(=O)c1ccc3[nH]c(=O)oc3c1)CCC2. The monoisotopic (exact) mass is 300 g/mol. The number of anilines is 1. The zero-order valence-corrected chi connectivity index (χ0v) is 11.9. The van der Waals surface area contributed by atoms with E-state index in [2.05, 4.69) is 4.98 Å². The number of thiophene rings is 1. The van der Waals surface area contributed by atoms with E-state index in [0.717, 1.165) is 24.8 Å². The van der Waals surface area contributed by atoms with E-state index in [1.165, 1.54) is 16.2 Å². The molecule has 1 aromatic carbocycles. The minimum Gasteiger partial charge on any atom is -0.408 e. The van der Waals surface area contributed by atoms with Crippen LogP contribution in [0.2, 0.25) is 0 Å². The molecule has 0 amide bonds. The number of oxazole rings is 1. The fourth-order valence-electron chi connectivity index (χ4n) is 2.91. The van der Waals surface area contributed by atoms with Gasteiger partial charge in [-0.1, -0.05) is 0 Å². The van der Waals surface area contributed by atoms with Crippen molar-refractivity contribution in [3.63, 3.8) is 0 Å². The number of nitrogens with one attached hydrogen (secondary N) is 1. The van der Waals surface area contributed by atoms with Crippen LogP contribution < -0.4 is 11.5 Å². The third-order valence-electron chi connectivity index (χ3n) is 3.86. The van der Waals surface area contributed by atoms with Crippen LogP contribution in [0, 0.1) is 0 Å². The molecule has 0 saturated heterocycles. The van der Waals surface area contributed by atoms with Gasteiger partial charge in [0.15, 0.2) is 11.4 Å². The molecule has 6 heteroatoms. The van der Waals surface area contributed by atoms with Crippen LogP contribution in [-0.2, 0) is 12.8 Å². The van der Waals surface area contributed by atoms with E-state index in [4.69, 9.17) is 10.2 Å². The molecule has 21 heavy (non-hydrogen) atoms. The lowest BCUT2D eigenvalue weighted by molar-refractivity contribution is 0.103. The van der Waals surface area contributed by atoms with E-state index in [1.807, 2.05) is 0 Å². The van der Waals surface area contributed by atoms with Gasteiger partial charge in [0.25, 0.3) is 0 Å². The van der Waals surface area contributed by atoms with Crippen LogP contribution in [0.15, 0.2) is 27.4 Å². The summed E-state index contributed by atoms with van der Waals surface area (Å²) in [6.45, 7) is 0. The molecule has 2 aromatic heterocycles. The van der Waals surface area contributed by atoms with Gasteiger partial charge in [0.2, 0.25) is 0 Å². The number of ketones is 1. The zero-order chi connectivity index (χ0) is 14.6. The predicted molar refractivity (Wildman–Crippen MR) is 81.0 cm³/mol. The molecule has 0 fully saturated rings. The summed E-state index contributed by atoms with van der Waals surface area (Å²) in [4.78, 5) is 27.7. The van der Waals surface area contributed by atoms with E-state index in [1.54, 1.807) is 18.2 Å². The number of carbonyl (C=O) groups excluding carboxylic acids is 1. The first-order valence-electron chi connectivity index (χ1n) is 6.71. The lowest BCUT2D eigenvalue weighted by Gasteiger charge is -2.03. The van der Waals surface area contributed by atoms with Crippen LogP contribution in [0.3, 0.4) is 0 Å². The van der Waals surface area contributed by atoms with Crippen LogP contribution >= 0.6 is 11.3 Å². The predicted octanol–water partition coefficient (Wildman–Crippen LogP) is 2.48. The Balaban J connectivity index is 1.84. The summed E-state index contributed by atoms with van der Waals surface area (Å²) < 4.78 is 5.01. The maximum absolute atomic E-state index is 12.7. The molecule has 3 aromatic rings. The average Bonchev–Trinajstić information content (AvgIpc) is 3.09. The molecule has 3 N–H and O–H groups in total. The van der Waals surface area contributed by atoms with Gasteiger partial charge in [-0.05, 0) is 43.0 Å². The molecule has 0 bridgehead atoms. The van der Waals surface area contributed by atoms with Gasteiger partial charge < -0.3 is 10.2 Å². The summed E-state index contributed by atoms with van der Waals surface area (Å²) >= 11 is 1.51. The Kier molecular flexibility index (Phi) is 2.56. The van der Waals surface area contributed by atoms with Gasteiger partial charge >= 0.3 is 5.76 Å². The quantitative estimate of drug-likeness (QED) is 0.712. The fourth-order valence-corrected chi connectivity index (χ4v) is 4.06. The van der Waals surface area contributed by atoms with E-state index in [9.17, 15) is 9.59 Å². The van der Waals surface area contributed by atoms with Crippen LogP contribution in [0.1, 0.15) is 32.8 Å². The maximum Gasteiger partial charge on any atom is 0.417 e. The van der Waals surface area contributed by atoms with Crippen LogP contribution in [-0.4, -0.2) is 10.8 Å². The molecule has 1 aliphatic rings. The molecule has 0 radical (unpaired) electrons. The van der Waals surface area contributed by atoms with Gasteiger partial charge in [0, 0.05) is 10.4 Å². The summed E-state index contributed by atoms with van der Waals surface area (Å²) in [7, 11) is 0. The Morgan fingerprint density at radius 2 is 2.19 bits per heavy atom. The van der Waals surface area contributed by atoms with Gasteiger partial charge in [-0.2, -0.15) is 0 Å². The van der Waals surface area contributed by atoms with Crippen molar-refractivity contribution < 1.29 is 9.21 Å². The number of benzene rings is 1. The van der Waals surface area contributed by atoms with Crippen molar-refractivity contribution >= 4 is 33.2 Å². The lowest BCUT2D eigenvalue weighted by Crippen LogP contribution is -2.05. The minimum absolute atomic E-state index is 0.0994. The normalized spacial score (nSPS) is 13.7. The Bertz CT molecular complexity index is 932. The highest BCUT2D eigenvalue weighted by Gasteiger charge is 2.26. The molecule has 1 aliphatic carbocycles. The van der Waals surface area contributed by atoms with Crippen molar-refractivity contribution in [3.8, 4) is 0 Å². The van der Waals surface area contributed by atoms with Crippen molar-refractivity contribution in [3.05, 3.63) is 50.3 Å². The van der Waals surface area contributed by atoms with E-state index in [0.29, 0.717) is 27.2 Å². The average molecular weight is 300 g/mol. The summed E-state index contributed by atoms with van der Waals surface area (Å²) in [5, 5.41) is 0.584. The number of rotatable bonds is 2. The topological polar surface area (TPSA) is 89.1 Å². The molecule has 2 heterocycles. The minimum atomic E-state index is -0.523. The Labute approximate surface area is 123 Å². The number of nitrogen functional groups attached to an aromatic ring is 1. The maximum atomic E-state index is 12.7. The van der Waals surface area contributed by atoms with E-state index < -0.39 is 5.76 Å². The first-order chi connectivity index (χ1) is 10.1. The molecule has 0 atom stereocenters. The number of H-pyrrole nitrogens is 1. The van der Waals surface area contributed by atoms with Crippen LogP contribution in [0.25, 0.3) is 11.1 Å². The number of fused-ring (bicyclic) bond motifs is 2. The molecule has 0 spiro atoms. The molecule has 4 rings (SSSR count). The Morgan fingerprint density at radius 1 is 1.33 bits per heavy atom. The van der Waals surface area contributed by atoms with Gasteiger partial charge in [-0.15, -0.1) is 11.3 Å². The summed E-state index contributed by atoms with van der Waals surface area (Å²) in [6.07, 6.45) is 2.99. The number of aromatic nitrogens is 1. The highest BCUT2D eigenvalue weighted by Crippen LogP contribution is 2.38. The van der Waals surface area contributed by atoms with Crippen molar-refractivity contribution in [2.24, 2.45) is 0 Å². The Morgan fingerprint density at radius 3 is 3.05 bits per heavy atom. The summed E-state index contributed by atoms with van der Waals surface area (Å²) in [5.74, 6) is -0.622. The number of carbonyl (C=O) groups is 1. The fraction of sp³-hybridized carbons (Fsp3) is 0.200. The Hall–Kier alpha value is -2.34. The number of nitrogens with two attached hydrogens (primary N) is 1. The molecule has 106 valence electrons. The second-order valence-corrected chi connectivity index (χ2v) is 6.29. The summed E-state index contributed by atoms with van der Waals surface area (Å²) in [5.41, 5.74) is 9.21. The van der Waals surface area contributed by atoms with Gasteiger partial charge in [-0.3, -0.25) is 9.78 Å². The third kappa shape index (κ3) is 1.83. The highest BCUT2D eigenvalue weighted by atomic mass is 32.1. The van der Waals surface area contributed by atoms with Crippen LogP contribution in [0.5, 0.6) is 0 Å². The number of hydrogen-bond acceptors (Lipinski definition) is 5. The van der Waals surface area contributed by atoms with Gasteiger partial charge in [0.05, 0.1) is 16.1 Å². The van der Waals surface area contributed by atoms with Gasteiger partial charge in [-0.25, -0.2) is 4.79 Å². The smallest absolute Gasteiger partial charge is 0.408 e. The lowest BCUT2D eigenvalue weighted by atomic mass is 10.0. The molecule has 0 unspecified atom stereocenters. The van der Waals surface area contributed by atoms with E-state index >= 15 is 0 Å². The van der Waals surface area contributed by atoms with Crippen LogP contribution in [0.4, 0.5) is 5.00 Å². The number of hydrogen-bond donors (Lipinski definition) is 2. The zero-order valence-electron chi connectivity index (χ0n) is 11.1. The largest absolute Gasteiger partial charge is 0.417 e.